The number of aliphatic hydroxyl groups is 1. The van der Waals surface area contributed by atoms with Crippen LogP contribution < -0.4 is 10.6 Å². The highest BCUT2D eigenvalue weighted by molar-refractivity contribution is 7.89. The second-order valence-electron chi connectivity index (χ2n) is 12.1. The summed E-state index contributed by atoms with van der Waals surface area (Å²) < 4.78 is 56.0. The molecule has 1 fully saturated rings. The van der Waals surface area contributed by atoms with Gasteiger partial charge in [-0.05, 0) is 92.3 Å². The zero-order valence-electron chi connectivity index (χ0n) is 27.5. The molecule has 0 radical (unpaired) electrons. The van der Waals surface area contributed by atoms with E-state index in [9.17, 15) is 36.7 Å². The number of piperazine rings is 1. The van der Waals surface area contributed by atoms with Gasteiger partial charge in [0.2, 0.25) is 0 Å². The van der Waals surface area contributed by atoms with Crippen LogP contribution in [0.2, 0.25) is 0 Å². The summed E-state index contributed by atoms with van der Waals surface area (Å²) in [5, 5.41) is 17.2. The van der Waals surface area contributed by atoms with E-state index in [0.717, 1.165) is 25.0 Å². The molecule has 3 amide bonds. The molecule has 0 bridgehead atoms. The van der Waals surface area contributed by atoms with Gasteiger partial charge in [0.25, 0.3) is 27.7 Å². The number of aryl methyl sites for hydroxylation is 2. The van der Waals surface area contributed by atoms with Crippen molar-refractivity contribution in [2.75, 3.05) is 26.2 Å². The Hall–Kier alpha value is -4.20. The van der Waals surface area contributed by atoms with Gasteiger partial charge in [0.05, 0.1) is 17.0 Å². The average Bonchev–Trinajstić information content (AvgIpc) is 3.03. The van der Waals surface area contributed by atoms with E-state index in [2.05, 4.69) is 10.6 Å². The third kappa shape index (κ3) is 8.63. The van der Waals surface area contributed by atoms with Gasteiger partial charge in [-0.2, -0.15) is 0 Å². The van der Waals surface area contributed by atoms with Crippen LogP contribution in [0.1, 0.15) is 64.1 Å². The standard InChI is InChI=1S/C35H42F2N4O6S/c1-5-11-40(12-6-2)34(44)26-15-23(4)14-25(20-26)33(43)39-30(19-24-17-27(36)21-28(37)18-24)32(42)31-35(45)41(13-10-38-31)48(46,47)29-9-7-8-22(3)16-29/h7-9,14-18,20-21,30-32,38,42H,5-6,10-13,19H2,1-4H3,(H,39,43)/t30-,31-,32-/m0/s1. The molecule has 0 aromatic heterocycles. The molecule has 0 unspecified atom stereocenters. The molecule has 48 heavy (non-hydrogen) atoms. The van der Waals surface area contributed by atoms with Crippen LogP contribution in [-0.2, 0) is 21.2 Å². The van der Waals surface area contributed by atoms with Crippen molar-refractivity contribution in [3.63, 3.8) is 0 Å². The molecule has 13 heteroatoms. The molecular formula is C35H42F2N4O6S. The van der Waals surface area contributed by atoms with Crippen LogP contribution in [0.4, 0.5) is 8.78 Å². The first-order chi connectivity index (χ1) is 22.7. The molecule has 258 valence electrons. The minimum atomic E-state index is -4.29. The van der Waals surface area contributed by atoms with E-state index in [-0.39, 0.29) is 41.4 Å². The molecule has 4 rings (SSSR count). The first-order valence-electron chi connectivity index (χ1n) is 16.0. The maximum atomic E-state index is 14.2. The lowest BCUT2D eigenvalue weighted by Crippen LogP contribution is -2.64. The molecule has 0 spiro atoms. The quantitative estimate of drug-likeness (QED) is 0.250. The van der Waals surface area contributed by atoms with E-state index >= 15 is 0 Å². The van der Waals surface area contributed by atoms with Crippen molar-refractivity contribution in [1.29, 1.82) is 0 Å². The van der Waals surface area contributed by atoms with Crippen molar-refractivity contribution in [2.24, 2.45) is 0 Å². The molecular weight excluding hydrogens is 642 g/mol. The third-order valence-corrected chi connectivity index (χ3v) is 9.87. The molecule has 0 saturated carbocycles. The number of hydrogen-bond donors (Lipinski definition) is 3. The fourth-order valence-electron chi connectivity index (χ4n) is 5.88. The molecule has 3 aromatic rings. The number of benzene rings is 3. The number of aliphatic hydroxyl groups excluding tert-OH is 1. The van der Waals surface area contributed by atoms with Crippen LogP contribution >= 0.6 is 0 Å². The molecule has 3 atom stereocenters. The highest BCUT2D eigenvalue weighted by atomic mass is 32.2. The number of carbonyl (C=O) groups excluding carboxylic acids is 3. The van der Waals surface area contributed by atoms with Crippen LogP contribution in [0, 0.1) is 25.5 Å². The summed E-state index contributed by atoms with van der Waals surface area (Å²) in [4.78, 5) is 42.4. The van der Waals surface area contributed by atoms with Gasteiger partial charge >= 0.3 is 0 Å². The van der Waals surface area contributed by atoms with Crippen molar-refractivity contribution in [3.05, 3.63) is 100 Å². The minimum Gasteiger partial charge on any atom is -0.389 e. The maximum Gasteiger partial charge on any atom is 0.266 e. The fraction of sp³-hybridized carbons (Fsp3) is 0.400. The highest BCUT2D eigenvalue weighted by Gasteiger charge is 2.43. The van der Waals surface area contributed by atoms with E-state index in [4.69, 9.17) is 0 Å². The molecule has 3 aromatic carbocycles. The zero-order chi connectivity index (χ0) is 35.2. The smallest absolute Gasteiger partial charge is 0.266 e. The van der Waals surface area contributed by atoms with E-state index in [1.807, 2.05) is 13.8 Å². The van der Waals surface area contributed by atoms with E-state index in [1.54, 1.807) is 43.0 Å². The van der Waals surface area contributed by atoms with Crippen LogP contribution in [0.5, 0.6) is 0 Å². The number of rotatable bonds is 13. The van der Waals surface area contributed by atoms with Crippen molar-refractivity contribution in [3.8, 4) is 0 Å². The van der Waals surface area contributed by atoms with Gasteiger partial charge in [0.1, 0.15) is 17.7 Å². The Bertz CT molecular complexity index is 1740. The monoisotopic (exact) mass is 684 g/mol. The summed E-state index contributed by atoms with van der Waals surface area (Å²) in [7, 11) is -4.29. The second kappa shape index (κ2) is 15.8. The van der Waals surface area contributed by atoms with E-state index < -0.39 is 51.7 Å². The molecule has 3 N–H and O–H groups in total. The van der Waals surface area contributed by atoms with Crippen LogP contribution in [0.15, 0.2) is 65.6 Å². The molecule has 1 aliphatic rings. The van der Waals surface area contributed by atoms with Crippen LogP contribution in [0.3, 0.4) is 0 Å². The Morgan fingerprint density at radius 3 is 2.25 bits per heavy atom. The number of sulfonamides is 1. The minimum absolute atomic E-state index is 0.00312. The summed E-state index contributed by atoms with van der Waals surface area (Å²) in [5.74, 6) is -3.65. The topological polar surface area (TPSA) is 136 Å². The summed E-state index contributed by atoms with van der Waals surface area (Å²) >= 11 is 0. The Morgan fingerprint density at radius 2 is 1.62 bits per heavy atom. The third-order valence-electron chi connectivity index (χ3n) is 8.08. The Balaban J connectivity index is 1.66. The molecule has 1 aliphatic heterocycles. The van der Waals surface area contributed by atoms with Gasteiger partial charge in [-0.1, -0.05) is 26.0 Å². The molecule has 10 nitrogen and oxygen atoms in total. The lowest BCUT2D eigenvalue weighted by molar-refractivity contribution is -0.134. The van der Waals surface area contributed by atoms with Gasteiger partial charge in [-0.15, -0.1) is 0 Å². The number of hydrogen-bond acceptors (Lipinski definition) is 7. The second-order valence-corrected chi connectivity index (χ2v) is 14.0. The predicted molar refractivity (Wildman–Crippen MR) is 177 cm³/mol. The van der Waals surface area contributed by atoms with E-state index in [0.29, 0.717) is 40.2 Å². The predicted octanol–water partition coefficient (Wildman–Crippen LogP) is 3.74. The number of nitrogens with zero attached hydrogens (tertiary/aromatic N) is 2. The Labute approximate surface area is 280 Å². The normalized spacial score (nSPS) is 16.4. The summed E-state index contributed by atoms with van der Waals surface area (Å²) in [6.07, 6.45) is -0.541. The van der Waals surface area contributed by atoms with Gasteiger partial charge in [0, 0.05) is 43.4 Å². The summed E-state index contributed by atoms with van der Waals surface area (Å²) in [5.41, 5.74) is 1.78. The fourth-order valence-corrected chi connectivity index (χ4v) is 7.40. The first-order valence-corrected chi connectivity index (χ1v) is 17.4. The number of amides is 3. The lowest BCUT2D eigenvalue weighted by atomic mass is 9.94. The average molecular weight is 685 g/mol. The number of nitrogens with one attached hydrogen (secondary N) is 2. The van der Waals surface area contributed by atoms with Gasteiger partial charge in [-0.25, -0.2) is 21.5 Å². The Morgan fingerprint density at radius 1 is 0.979 bits per heavy atom. The molecule has 1 heterocycles. The highest BCUT2D eigenvalue weighted by Crippen LogP contribution is 2.22. The SMILES string of the molecule is CCCN(CCC)C(=O)c1cc(C)cc(C(=O)N[C@@H](Cc2cc(F)cc(F)c2)[C@H](O)[C@@H]2NCCN(S(=O)(=O)c3cccc(C)c3)C2=O)c1. The zero-order valence-corrected chi connectivity index (χ0v) is 28.3. The summed E-state index contributed by atoms with van der Waals surface area (Å²) in [6.45, 7) is 8.26. The van der Waals surface area contributed by atoms with Crippen molar-refractivity contribution >= 4 is 27.7 Å². The van der Waals surface area contributed by atoms with Crippen molar-refractivity contribution in [1.82, 2.24) is 19.8 Å². The van der Waals surface area contributed by atoms with Gasteiger partial charge in [-0.3, -0.25) is 14.4 Å². The number of halogens is 2. The Kier molecular flexibility index (Phi) is 12.1. The van der Waals surface area contributed by atoms with E-state index in [1.165, 1.54) is 18.2 Å². The maximum absolute atomic E-state index is 14.2. The van der Waals surface area contributed by atoms with Gasteiger partial charge in [0.15, 0.2) is 0 Å². The molecule has 1 saturated heterocycles. The molecule has 0 aliphatic carbocycles. The lowest BCUT2D eigenvalue weighted by Gasteiger charge is -2.37. The van der Waals surface area contributed by atoms with Crippen molar-refractivity contribution < 1.29 is 36.7 Å². The summed E-state index contributed by atoms with van der Waals surface area (Å²) in [6, 6.07) is 10.7. The van der Waals surface area contributed by atoms with Crippen LogP contribution in [0.25, 0.3) is 0 Å². The largest absolute Gasteiger partial charge is 0.389 e. The first kappa shape index (κ1) is 36.6. The number of carbonyl (C=O) groups is 3. The van der Waals surface area contributed by atoms with Gasteiger partial charge < -0.3 is 20.6 Å². The van der Waals surface area contributed by atoms with Crippen LogP contribution in [-0.4, -0.2) is 84.8 Å². The van der Waals surface area contributed by atoms with Crippen molar-refractivity contribution in [2.45, 2.75) is 70.0 Å².